The maximum Gasteiger partial charge on any atom is 0.170 e. The van der Waals surface area contributed by atoms with Crippen molar-refractivity contribution in [3.63, 3.8) is 0 Å². The topological polar surface area (TPSA) is 128 Å². The van der Waals surface area contributed by atoms with Crippen LogP contribution in [0.4, 0.5) is 0 Å². The number of ether oxygens (including phenoxy) is 8. The molecule has 0 aromatic heterocycles. The largest absolute Gasteiger partial charge is 0.485 e. The van der Waals surface area contributed by atoms with E-state index in [4.69, 9.17) is 37.9 Å². The van der Waals surface area contributed by atoms with Crippen LogP contribution >= 0.6 is 0 Å². The highest BCUT2D eigenvalue weighted by atomic mass is 32.2. The lowest BCUT2D eigenvalue weighted by molar-refractivity contribution is -0.172. The Bertz CT molecular complexity index is 3030. The van der Waals surface area contributed by atoms with Crippen LogP contribution in [0.25, 0.3) is 0 Å². The van der Waals surface area contributed by atoms with Crippen molar-refractivity contribution in [2.75, 3.05) is 13.2 Å². The summed E-state index contributed by atoms with van der Waals surface area (Å²) >= 11 is 0. The molecule has 11 nitrogen and oxygen atoms in total. The zero-order valence-electron chi connectivity index (χ0n) is 44.1. The molecule has 2 aliphatic rings. The molecule has 8 aromatic carbocycles. The fourth-order valence-corrected chi connectivity index (χ4v) is 12.4. The summed E-state index contributed by atoms with van der Waals surface area (Å²) in [6, 6.07) is 76.3. The maximum atomic E-state index is 15.8. The van der Waals surface area contributed by atoms with Crippen LogP contribution in [-0.4, -0.2) is 69.5 Å². The summed E-state index contributed by atoms with van der Waals surface area (Å²) in [6.45, 7) is 0.810. The van der Waals surface area contributed by atoms with Gasteiger partial charge in [0.25, 0.3) is 0 Å². The molecule has 80 heavy (non-hydrogen) atoms. The van der Waals surface area contributed by atoms with Gasteiger partial charge in [-0.25, -0.2) is 8.42 Å². The summed E-state index contributed by atoms with van der Waals surface area (Å²) in [5.74, 6) is -0.268. The first-order valence-corrected chi connectivity index (χ1v) is 29.1. The van der Waals surface area contributed by atoms with Crippen LogP contribution in [0, 0.1) is 0 Å². The normalized spacial score (nSPS) is 20.0. The van der Waals surface area contributed by atoms with Gasteiger partial charge in [0.1, 0.15) is 35.9 Å². The molecule has 8 aromatic rings. The van der Waals surface area contributed by atoms with Crippen molar-refractivity contribution in [2.24, 2.45) is 0 Å². The highest BCUT2D eigenvalue weighted by molar-refractivity contribution is 7.89. The van der Waals surface area contributed by atoms with Gasteiger partial charge in [0.2, 0.25) is 0 Å². The molecule has 0 radical (unpaired) electrons. The van der Waals surface area contributed by atoms with Crippen molar-refractivity contribution in [3.8, 4) is 0 Å². The molecule has 1 N–H and O–H groups in total. The van der Waals surface area contributed by atoms with Crippen molar-refractivity contribution in [3.05, 3.63) is 297 Å². The van der Waals surface area contributed by atoms with Gasteiger partial charge >= 0.3 is 0 Å². The quantitative estimate of drug-likeness (QED) is 0.0556. The third-order valence-electron chi connectivity index (χ3n) is 13.6. The Morgan fingerprint density at radius 1 is 0.350 bits per heavy atom. The number of benzene rings is 8. The lowest BCUT2D eigenvalue weighted by atomic mass is 9.97. The minimum absolute atomic E-state index is 0.0438. The Hall–Kier alpha value is -7.14. The molecule has 2 aliphatic heterocycles. The van der Waals surface area contributed by atoms with E-state index in [1.807, 2.05) is 194 Å². The molecular weight excluding hydrogens is 1040 g/mol. The van der Waals surface area contributed by atoms with Crippen molar-refractivity contribution < 1.29 is 51.4 Å². The van der Waals surface area contributed by atoms with Gasteiger partial charge in [0.15, 0.2) is 18.3 Å². The van der Waals surface area contributed by atoms with Gasteiger partial charge in [-0.3, -0.25) is 0 Å². The third kappa shape index (κ3) is 14.8. The van der Waals surface area contributed by atoms with Crippen molar-refractivity contribution in [2.45, 2.75) is 92.2 Å². The lowest BCUT2D eigenvalue weighted by Gasteiger charge is -2.44. The number of aliphatic hydroxyl groups excluding tert-OH is 1. The third-order valence-corrected chi connectivity index (χ3v) is 16.7. The van der Waals surface area contributed by atoms with E-state index in [1.165, 1.54) is 0 Å². The Kier molecular flexibility index (Phi) is 20.2. The van der Waals surface area contributed by atoms with Crippen molar-refractivity contribution >= 4 is 21.6 Å². The zero-order valence-corrected chi connectivity index (χ0v) is 45.8. The van der Waals surface area contributed by atoms with Gasteiger partial charge < -0.3 is 43.0 Å². The molecule has 0 saturated carbocycles. The van der Waals surface area contributed by atoms with Gasteiger partial charge in [-0.05, 0) is 57.6 Å². The number of hydrogen-bond donors (Lipinski definition) is 1. The smallest absolute Gasteiger partial charge is 0.170 e. The summed E-state index contributed by atoms with van der Waals surface area (Å²) in [5.41, 5.74) is 5.34. The molecule has 0 amide bonds. The first-order chi connectivity index (χ1) is 39.5. The lowest BCUT2D eigenvalue weighted by Crippen LogP contribution is -2.53. The minimum Gasteiger partial charge on any atom is -0.485 e. The molecule has 2 heterocycles. The number of rotatable bonds is 26. The molecule has 8 atom stereocenters. The Labute approximate surface area is 473 Å². The predicted molar refractivity (Wildman–Crippen MR) is 308 cm³/mol. The van der Waals surface area contributed by atoms with E-state index in [-0.39, 0.29) is 74.2 Å². The van der Waals surface area contributed by atoms with Crippen molar-refractivity contribution in [1.29, 1.82) is 0 Å². The van der Waals surface area contributed by atoms with E-state index in [0.29, 0.717) is 9.79 Å². The summed E-state index contributed by atoms with van der Waals surface area (Å²) in [5, 5.41) is 13.8. The van der Waals surface area contributed by atoms with Gasteiger partial charge in [0, 0.05) is 9.79 Å². The SMILES string of the molecule is O=[S@@](C1=C(C(O)C2=C([S@](=O)c3ccccc3)[C@@H](OCc3ccccc3)[C@@H](OCc3ccccc3)[C@@H](COCc3ccccc3)O2)O[C@H](COCc2ccccc2)[C@H](OCc2ccccc2)[C@@H]1OCc1ccccc1)c1ccccc1. The highest BCUT2D eigenvalue weighted by Crippen LogP contribution is 2.43. The molecule has 0 bridgehead atoms. The summed E-state index contributed by atoms with van der Waals surface area (Å²) < 4.78 is 87.0. The molecule has 0 fully saturated rings. The molecular formula is C67H64O11S2. The summed E-state index contributed by atoms with van der Waals surface area (Å²) in [7, 11) is -4.16. The molecule has 0 unspecified atom stereocenters. The summed E-state index contributed by atoms with van der Waals surface area (Å²) in [6.07, 6.45) is -8.01. The first-order valence-electron chi connectivity index (χ1n) is 26.8. The standard InChI is InChI=1S/C67H64O11S2/c68-59(62-66(79(69)55-37-21-7-22-38-55)64(75-45-53-33-17-5-18-34-53)60(73-43-51-29-13-3-14-30-51)57(77-62)47-71-41-49-25-9-1-10-26-49)63-67(80(70)56-39-23-8-24-40-56)65(76-46-54-35-19-6-20-36-54)61(74-44-52-31-15-4-16-32-52)58(78-63)48-72-42-50-27-11-2-12-28-50/h1-40,57-61,64-65,68H,41-48H2/t57-,58-,60+,61+,64+,65+,79-,80-/m1/s1. The highest BCUT2D eigenvalue weighted by Gasteiger charge is 2.51. The average Bonchev–Trinajstić information content (AvgIpc) is 3.59. The summed E-state index contributed by atoms with van der Waals surface area (Å²) in [4.78, 5) is 1.03. The van der Waals surface area contributed by atoms with Crippen LogP contribution in [0.15, 0.2) is 274 Å². The van der Waals surface area contributed by atoms with Gasteiger partial charge in [-0.2, -0.15) is 0 Å². The Morgan fingerprint density at radius 3 is 0.887 bits per heavy atom. The van der Waals surface area contributed by atoms with E-state index in [0.717, 1.165) is 33.4 Å². The number of aliphatic hydroxyl groups is 1. The van der Waals surface area contributed by atoms with Crippen LogP contribution < -0.4 is 0 Å². The van der Waals surface area contributed by atoms with E-state index in [9.17, 15) is 5.11 Å². The molecule has 13 heteroatoms. The van der Waals surface area contributed by atoms with Gasteiger partial charge in [-0.1, -0.05) is 218 Å². The fourth-order valence-electron chi connectivity index (χ4n) is 9.57. The molecule has 410 valence electrons. The van der Waals surface area contributed by atoms with E-state index in [2.05, 4.69) is 0 Å². The zero-order chi connectivity index (χ0) is 54.7. The molecule has 0 spiro atoms. The Balaban J connectivity index is 1.16. The van der Waals surface area contributed by atoms with Crippen LogP contribution in [-0.2, 0) is 99.1 Å². The first kappa shape index (κ1) is 56.1. The van der Waals surface area contributed by atoms with Crippen LogP contribution in [0.3, 0.4) is 0 Å². The van der Waals surface area contributed by atoms with E-state index >= 15 is 8.42 Å². The monoisotopic (exact) mass is 1110 g/mol. The second-order valence-electron chi connectivity index (χ2n) is 19.3. The van der Waals surface area contributed by atoms with Crippen LogP contribution in [0.2, 0.25) is 0 Å². The Morgan fingerprint density at radius 2 is 0.600 bits per heavy atom. The molecule has 10 rings (SSSR count). The molecule has 0 saturated heterocycles. The number of hydrogen-bond acceptors (Lipinski definition) is 11. The van der Waals surface area contributed by atoms with Crippen LogP contribution in [0.1, 0.15) is 33.4 Å². The minimum atomic E-state index is -2.08. The fraction of sp³-hybridized carbons (Fsp3) is 0.224. The second-order valence-corrected chi connectivity index (χ2v) is 22.2. The second kappa shape index (κ2) is 28.8. The maximum absolute atomic E-state index is 15.8. The van der Waals surface area contributed by atoms with Gasteiger partial charge in [0.05, 0.1) is 84.3 Å². The van der Waals surface area contributed by atoms with E-state index in [1.54, 1.807) is 48.5 Å². The molecule has 0 aliphatic carbocycles. The predicted octanol–water partition coefficient (Wildman–Crippen LogP) is 12.0. The van der Waals surface area contributed by atoms with Crippen LogP contribution in [0.5, 0.6) is 0 Å². The van der Waals surface area contributed by atoms with E-state index < -0.39 is 64.3 Å². The van der Waals surface area contributed by atoms with Gasteiger partial charge in [-0.15, -0.1) is 0 Å². The average molecular weight is 1110 g/mol. The van der Waals surface area contributed by atoms with Crippen molar-refractivity contribution in [1.82, 2.24) is 0 Å².